The molecule has 1 amide bonds. The maximum atomic E-state index is 13.2. The minimum atomic E-state index is -0.133. The summed E-state index contributed by atoms with van der Waals surface area (Å²) in [6.07, 6.45) is 7.09. The second-order valence-corrected chi connectivity index (χ2v) is 6.89. The van der Waals surface area contributed by atoms with Crippen LogP contribution in [0.2, 0.25) is 0 Å². The van der Waals surface area contributed by atoms with Gasteiger partial charge in [-0.15, -0.1) is 0 Å². The molecule has 0 N–H and O–H groups in total. The van der Waals surface area contributed by atoms with E-state index in [4.69, 9.17) is 9.47 Å². The number of carbonyl (C=O) groups excluding carboxylic acids is 1. The summed E-state index contributed by atoms with van der Waals surface area (Å²) < 4.78 is 12.6. The van der Waals surface area contributed by atoms with Crippen molar-refractivity contribution in [3.05, 3.63) is 96.5 Å². The number of anilines is 1. The highest BCUT2D eigenvalue weighted by atomic mass is 16.5. The van der Waals surface area contributed by atoms with E-state index < -0.39 is 0 Å². The molecular weight excluding hydrogens is 390 g/mol. The fourth-order valence-corrected chi connectivity index (χ4v) is 3.38. The van der Waals surface area contributed by atoms with E-state index in [2.05, 4.69) is 4.98 Å². The number of amides is 1. The quantitative estimate of drug-likeness (QED) is 0.416. The van der Waals surface area contributed by atoms with Crippen LogP contribution >= 0.6 is 0 Å². The van der Waals surface area contributed by atoms with Crippen LogP contribution in [0.25, 0.3) is 11.7 Å². The number of hydrogen-bond acceptors (Lipinski definition) is 4. The van der Waals surface area contributed by atoms with E-state index in [0.29, 0.717) is 18.0 Å². The average Bonchev–Trinajstić information content (AvgIpc) is 3.24. The van der Waals surface area contributed by atoms with Gasteiger partial charge in [0.2, 0.25) is 0 Å². The first kappa shape index (κ1) is 20.2. The lowest BCUT2D eigenvalue weighted by molar-refractivity contribution is -0.114. The zero-order valence-electron chi connectivity index (χ0n) is 17.4. The lowest BCUT2D eigenvalue weighted by Crippen LogP contribution is -2.29. The number of rotatable bonds is 7. The normalized spacial score (nSPS) is 11.0. The molecule has 6 nitrogen and oxygen atoms in total. The molecule has 2 heterocycles. The number of ether oxygens (including phenoxy) is 2. The first-order valence-corrected chi connectivity index (χ1v) is 9.87. The van der Waals surface area contributed by atoms with E-state index in [0.717, 1.165) is 22.6 Å². The van der Waals surface area contributed by atoms with Crippen LogP contribution in [0.5, 0.6) is 11.5 Å². The van der Waals surface area contributed by atoms with Crippen molar-refractivity contribution in [3.63, 3.8) is 0 Å². The number of nitrogens with zero attached hydrogens (tertiary/aromatic N) is 3. The molecule has 31 heavy (non-hydrogen) atoms. The molecule has 2 aromatic heterocycles. The highest BCUT2D eigenvalue weighted by molar-refractivity contribution is 6.03. The molecular formula is C25H23N3O3. The second-order valence-electron chi connectivity index (χ2n) is 6.89. The SMILES string of the molecule is COc1ccc(C=CC(=O)N(Cc2cnc3ccccn23)c2ccccc2)cc1OC. The van der Waals surface area contributed by atoms with E-state index in [1.807, 2.05) is 77.3 Å². The number of methoxy groups -OCH3 is 2. The molecule has 4 rings (SSSR count). The van der Waals surface area contributed by atoms with Gasteiger partial charge in [0, 0.05) is 18.0 Å². The molecule has 0 saturated heterocycles. The zero-order valence-corrected chi connectivity index (χ0v) is 17.4. The van der Waals surface area contributed by atoms with Crippen molar-refractivity contribution in [3.8, 4) is 11.5 Å². The van der Waals surface area contributed by atoms with Crippen molar-refractivity contribution in [2.45, 2.75) is 6.54 Å². The Morgan fingerprint density at radius 2 is 1.77 bits per heavy atom. The lowest BCUT2D eigenvalue weighted by atomic mass is 10.1. The van der Waals surface area contributed by atoms with Gasteiger partial charge < -0.3 is 18.8 Å². The Hall–Kier alpha value is -4.06. The summed E-state index contributed by atoms with van der Waals surface area (Å²) in [5, 5.41) is 0. The molecule has 0 atom stereocenters. The predicted octanol–water partition coefficient (Wildman–Crippen LogP) is 4.60. The number of para-hydroxylation sites is 1. The molecule has 6 heteroatoms. The summed E-state index contributed by atoms with van der Waals surface area (Å²) in [6, 6.07) is 21.0. The Balaban J connectivity index is 1.62. The summed E-state index contributed by atoms with van der Waals surface area (Å²) >= 11 is 0. The summed E-state index contributed by atoms with van der Waals surface area (Å²) in [7, 11) is 3.18. The number of fused-ring (bicyclic) bond motifs is 1. The van der Waals surface area contributed by atoms with Crippen molar-refractivity contribution < 1.29 is 14.3 Å². The van der Waals surface area contributed by atoms with Gasteiger partial charge in [-0.05, 0) is 48.0 Å². The predicted molar refractivity (Wildman–Crippen MR) is 121 cm³/mol. The molecule has 0 radical (unpaired) electrons. The fourth-order valence-electron chi connectivity index (χ4n) is 3.38. The van der Waals surface area contributed by atoms with Crippen LogP contribution in [-0.2, 0) is 11.3 Å². The lowest BCUT2D eigenvalue weighted by Gasteiger charge is -2.21. The van der Waals surface area contributed by atoms with E-state index >= 15 is 0 Å². The largest absolute Gasteiger partial charge is 0.493 e. The molecule has 0 aliphatic heterocycles. The molecule has 0 aliphatic rings. The van der Waals surface area contributed by atoms with Crippen molar-refractivity contribution in [1.29, 1.82) is 0 Å². The molecule has 0 aliphatic carbocycles. The third-order valence-corrected chi connectivity index (χ3v) is 4.97. The minimum absolute atomic E-state index is 0.133. The van der Waals surface area contributed by atoms with Crippen LogP contribution < -0.4 is 14.4 Å². The molecule has 2 aromatic carbocycles. The van der Waals surface area contributed by atoms with Gasteiger partial charge in [-0.25, -0.2) is 4.98 Å². The maximum absolute atomic E-state index is 13.2. The first-order valence-electron chi connectivity index (χ1n) is 9.87. The van der Waals surface area contributed by atoms with Gasteiger partial charge >= 0.3 is 0 Å². The number of benzene rings is 2. The zero-order chi connectivity index (χ0) is 21.6. The Kier molecular flexibility index (Phi) is 5.98. The maximum Gasteiger partial charge on any atom is 0.251 e. The van der Waals surface area contributed by atoms with E-state index in [1.54, 1.807) is 37.5 Å². The van der Waals surface area contributed by atoms with Gasteiger partial charge in [-0.1, -0.05) is 30.3 Å². The van der Waals surface area contributed by atoms with Crippen molar-refractivity contribution in [2.24, 2.45) is 0 Å². The van der Waals surface area contributed by atoms with Crippen LogP contribution in [0.1, 0.15) is 11.3 Å². The smallest absolute Gasteiger partial charge is 0.251 e. The average molecular weight is 413 g/mol. The first-order chi connectivity index (χ1) is 15.2. The second kappa shape index (κ2) is 9.17. The molecule has 0 saturated carbocycles. The number of pyridine rings is 1. The number of aromatic nitrogens is 2. The van der Waals surface area contributed by atoms with Gasteiger partial charge in [0.05, 0.1) is 32.7 Å². The van der Waals surface area contributed by atoms with Crippen molar-refractivity contribution >= 4 is 23.3 Å². The number of imidazole rings is 1. The standard InChI is InChI=1S/C25H23N3O3/c1-30-22-13-11-19(16-23(22)31-2)12-14-25(29)28(20-8-4-3-5-9-20)18-21-17-26-24-10-6-7-15-27(21)24/h3-17H,18H2,1-2H3. The van der Waals surface area contributed by atoms with E-state index in [1.165, 1.54) is 0 Å². The Bertz CT molecular complexity index is 1220. The summed E-state index contributed by atoms with van der Waals surface area (Å²) in [4.78, 5) is 19.4. The van der Waals surface area contributed by atoms with E-state index in [-0.39, 0.29) is 5.91 Å². The molecule has 156 valence electrons. The topological polar surface area (TPSA) is 56.1 Å². The minimum Gasteiger partial charge on any atom is -0.493 e. The van der Waals surface area contributed by atoms with Crippen LogP contribution in [-0.4, -0.2) is 29.5 Å². The van der Waals surface area contributed by atoms with Gasteiger partial charge in [0.1, 0.15) is 5.65 Å². The summed E-state index contributed by atoms with van der Waals surface area (Å²) in [5.74, 6) is 1.12. The van der Waals surface area contributed by atoms with E-state index in [9.17, 15) is 4.79 Å². The highest BCUT2D eigenvalue weighted by Crippen LogP contribution is 2.28. The van der Waals surface area contributed by atoms with Gasteiger partial charge in [-0.3, -0.25) is 4.79 Å². The fraction of sp³-hybridized carbons (Fsp3) is 0.120. The molecule has 0 unspecified atom stereocenters. The summed E-state index contributed by atoms with van der Waals surface area (Å²) in [6.45, 7) is 0.393. The number of hydrogen-bond donors (Lipinski definition) is 0. The highest BCUT2D eigenvalue weighted by Gasteiger charge is 2.16. The third-order valence-electron chi connectivity index (χ3n) is 4.97. The Labute approximate surface area is 181 Å². The van der Waals surface area contributed by atoms with Crippen LogP contribution in [0.15, 0.2) is 85.2 Å². The Morgan fingerprint density at radius 1 is 1.00 bits per heavy atom. The Morgan fingerprint density at radius 3 is 2.55 bits per heavy atom. The molecule has 4 aromatic rings. The summed E-state index contributed by atoms with van der Waals surface area (Å²) in [5.41, 5.74) is 3.43. The van der Waals surface area contributed by atoms with Gasteiger partial charge in [0.15, 0.2) is 11.5 Å². The van der Waals surface area contributed by atoms with Gasteiger partial charge in [0.25, 0.3) is 5.91 Å². The number of carbonyl (C=O) groups is 1. The van der Waals surface area contributed by atoms with Crippen LogP contribution in [0, 0.1) is 0 Å². The third kappa shape index (κ3) is 4.43. The molecule has 0 spiro atoms. The van der Waals surface area contributed by atoms with Gasteiger partial charge in [-0.2, -0.15) is 0 Å². The molecule has 0 bridgehead atoms. The molecule has 0 fully saturated rings. The van der Waals surface area contributed by atoms with Crippen LogP contribution in [0.4, 0.5) is 5.69 Å². The van der Waals surface area contributed by atoms with Crippen LogP contribution in [0.3, 0.4) is 0 Å². The van der Waals surface area contributed by atoms with Crippen molar-refractivity contribution in [2.75, 3.05) is 19.1 Å². The monoisotopic (exact) mass is 413 g/mol. The van der Waals surface area contributed by atoms with Crippen molar-refractivity contribution in [1.82, 2.24) is 9.38 Å².